The summed E-state index contributed by atoms with van der Waals surface area (Å²) in [5.74, 6) is -0.382. The summed E-state index contributed by atoms with van der Waals surface area (Å²) >= 11 is 0. The second-order valence-corrected chi connectivity index (χ2v) is 8.64. The van der Waals surface area contributed by atoms with Crippen LogP contribution >= 0.6 is 0 Å². The summed E-state index contributed by atoms with van der Waals surface area (Å²) in [5, 5.41) is 10.2. The fourth-order valence-electron chi connectivity index (χ4n) is 3.28. The van der Waals surface area contributed by atoms with Crippen LogP contribution in [-0.4, -0.2) is 25.1 Å². The zero-order valence-corrected chi connectivity index (χ0v) is 17.0. The van der Waals surface area contributed by atoms with E-state index in [1.54, 1.807) is 35.8 Å². The van der Waals surface area contributed by atoms with E-state index >= 15 is 0 Å². The van der Waals surface area contributed by atoms with Crippen molar-refractivity contribution in [3.63, 3.8) is 0 Å². The number of benzene rings is 2. The standard InChI is InChI=1S/C20H18F3N3O3S/c1-3-26-18-11-15(29-20(21,22)23)9-10-16(18)17(12-24)19(26)13-5-7-14(8-6-13)25-30(27,28)4-2/h5-11,25H,3-4H2,1-2H3/p+1. The molecule has 30 heavy (non-hydrogen) atoms. The Labute approximate surface area is 171 Å². The molecule has 0 fully saturated rings. The molecule has 158 valence electrons. The van der Waals surface area contributed by atoms with E-state index in [2.05, 4.69) is 10.8 Å². The van der Waals surface area contributed by atoms with Crippen LogP contribution in [0.1, 0.15) is 19.4 Å². The number of hydrogen-bond acceptors (Lipinski definition) is 4. The number of ether oxygens (including phenoxy) is 1. The summed E-state index contributed by atoms with van der Waals surface area (Å²) in [6.45, 7) is 3.77. The Morgan fingerprint density at radius 1 is 1.13 bits per heavy atom. The first kappa shape index (κ1) is 21.7. The van der Waals surface area contributed by atoms with Gasteiger partial charge in [0.05, 0.1) is 22.5 Å². The molecule has 2 aromatic carbocycles. The molecule has 0 saturated heterocycles. The van der Waals surface area contributed by atoms with Crippen molar-refractivity contribution in [1.29, 1.82) is 5.26 Å². The van der Waals surface area contributed by atoms with Gasteiger partial charge in [-0.3, -0.25) is 0 Å². The highest BCUT2D eigenvalue weighted by molar-refractivity contribution is 7.84. The number of nitriles is 1. The molecule has 0 aliphatic rings. The summed E-state index contributed by atoms with van der Waals surface area (Å²) < 4.78 is 68.3. The lowest BCUT2D eigenvalue weighted by Crippen LogP contribution is -2.82. The Balaban J connectivity index is 2.12. The van der Waals surface area contributed by atoms with Crippen LogP contribution in [0.5, 0.6) is 5.75 Å². The third-order valence-electron chi connectivity index (χ3n) is 4.60. The molecule has 1 aromatic heterocycles. The van der Waals surface area contributed by atoms with E-state index in [1.165, 1.54) is 22.9 Å². The molecule has 3 aromatic rings. The van der Waals surface area contributed by atoms with Gasteiger partial charge in [0, 0.05) is 30.1 Å². The minimum atomic E-state index is -4.82. The average molecular weight is 438 g/mol. The topological polar surface area (TPSA) is 88.7 Å². The predicted molar refractivity (Wildman–Crippen MR) is 105 cm³/mol. The highest BCUT2D eigenvalue weighted by atomic mass is 32.2. The van der Waals surface area contributed by atoms with Gasteiger partial charge in [0.25, 0.3) is 10.0 Å². The monoisotopic (exact) mass is 438 g/mol. The van der Waals surface area contributed by atoms with Crippen molar-refractivity contribution >= 4 is 26.6 Å². The van der Waals surface area contributed by atoms with Crippen LogP contribution in [0.2, 0.25) is 0 Å². The number of sulfonamides is 1. The summed E-state index contributed by atoms with van der Waals surface area (Å²) in [4.78, 5) is 0. The second kappa shape index (κ2) is 8.01. The Hall–Kier alpha value is -3.03. The zero-order valence-electron chi connectivity index (χ0n) is 16.2. The Morgan fingerprint density at radius 3 is 2.33 bits per heavy atom. The maximum absolute atomic E-state index is 12.6. The lowest BCUT2D eigenvalue weighted by Gasteiger charge is -2.11. The molecule has 0 aliphatic carbocycles. The smallest absolute Gasteiger partial charge is 0.406 e. The van der Waals surface area contributed by atoms with Gasteiger partial charge in [-0.2, -0.15) is 13.7 Å². The normalized spacial score (nSPS) is 12.1. The van der Waals surface area contributed by atoms with Gasteiger partial charge >= 0.3 is 6.36 Å². The van der Waals surface area contributed by atoms with Crippen molar-refractivity contribution in [2.75, 3.05) is 5.75 Å². The molecular weight excluding hydrogens is 419 g/mol. The minimum absolute atomic E-state index is 0.0142. The van der Waals surface area contributed by atoms with Crippen molar-refractivity contribution in [2.45, 2.75) is 26.8 Å². The molecule has 2 N–H and O–H groups in total. The van der Waals surface area contributed by atoms with Gasteiger partial charge < -0.3 is 9.30 Å². The molecule has 0 saturated carbocycles. The average Bonchev–Trinajstić information content (AvgIpc) is 2.99. The molecule has 3 rings (SSSR count). The molecule has 0 atom stereocenters. The number of hydrogen-bond donors (Lipinski definition) is 1. The number of nitrogens with two attached hydrogens (primary N) is 1. The van der Waals surface area contributed by atoms with E-state index in [0.29, 0.717) is 40.0 Å². The van der Waals surface area contributed by atoms with Crippen LogP contribution < -0.4 is 9.46 Å². The minimum Gasteiger partial charge on any atom is -0.406 e. The lowest BCUT2D eigenvalue weighted by atomic mass is 10.1. The van der Waals surface area contributed by atoms with Crippen LogP contribution in [0.25, 0.3) is 22.2 Å². The number of primary sulfonamides is 1. The third-order valence-corrected chi connectivity index (χ3v) is 6.04. The Bertz CT molecular complexity index is 1220. The summed E-state index contributed by atoms with van der Waals surface area (Å²) in [7, 11) is -3.30. The van der Waals surface area contributed by atoms with E-state index in [9.17, 15) is 26.9 Å². The van der Waals surface area contributed by atoms with Crippen molar-refractivity contribution < 1.29 is 31.0 Å². The SMILES string of the molecule is CCn1c(-c2ccc([NH2+]S(=O)(=O)CC)cc2)c(C#N)c2ccc(OC(F)(F)F)cc21. The maximum atomic E-state index is 12.6. The molecule has 0 unspecified atom stereocenters. The largest absolute Gasteiger partial charge is 0.573 e. The molecule has 1 heterocycles. The van der Waals surface area contributed by atoms with Crippen molar-refractivity contribution in [2.24, 2.45) is 0 Å². The van der Waals surface area contributed by atoms with Gasteiger partial charge in [-0.05, 0) is 43.7 Å². The van der Waals surface area contributed by atoms with Crippen LogP contribution in [0, 0.1) is 11.3 Å². The van der Waals surface area contributed by atoms with Gasteiger partial charge in [-0.1, -0.05) is 0 Å². The molecule has 0 amide bonds. The Kier molecular flexibility index (Phi) is 5.78. The quantitative estimate of drug-likeness (QED) is 0.595. The van der Waals surface area contributed by atoms with Crippen LogP contribution in [0.15, 0.2) is 42.5 Å². The molecule has 0 radical (unpaired) electrons. The number of rotatable bonds is 6. The first-order chi connectivity index (χ1) is 14.1. The van der Waals surface area contributed by atoms with Gasteiger partial charge in [0.1, 0.15) is 17.5 Å². The highest BCUT2D eigenvalue weighted by Crippen LogP contribution is 2.36. The molecular formula is C20H19F3N3O3S+. The molecule has 6 nitrogen and oxygen atoms in total. The van der Waals surface area contributed by atoms with E-state index in [-0.39, 0.29) is 11.5 Å². The molecule has 10 heteroatoms. The molecule has 0 bridgehead atoms. The maximum Gasteiger partial charge on any atom is 0.573 e. The van der Waals surface area contributed by atoms with Gasteiger partial charge in [-0.15, -0.1) is 13.2 Å². The van der Waals surface area contributed by atoms with Crippen LogP contribution in [0.4, 0.5) is 18.9 Å². The van der Waals surface area contributed by atoms with Crippen LogP contribution in [-0.2, 0) is 16.6 Å². The van der Waals surface area contributed by atoms with Gasteiger partial charge in [0.2, 0.25) is 0 Å². The first-order valence-electron chi connectivity index (χ1n) is 9.08. The number of nitrogens with zero attached hydrogens (tertiary/aromatic N) is 2. The fraction of sp³-hybridized carbons (Fsp3) is 0.250. The number of alkyl halides is 3. The predicted octanol–water partition coefficient (Wildman–Crippen LogP) is 3.64. The summed E-state index contributed by atoms with van der Waals surface area (Å²) in [6, 6.07) is 12.6. The van der Waals surface area contributed by atoms with E-state index < -0.39 is 16.4 Å². The number of halogens is 3. The number of fused-ring (bicyclic) bond motifs is 1. The van der Waals surface area contributed by atoms with E-state index in [0.717, 1.165) is 0 Å². The number of aromatic nitrogens is 1. The third kappa shape index (κ3) is 4.42. The highest BCUT2D eigenvalue weighted by Gasteiger charge is 2.31. The van der Waals surface area contributed by atoms with E-state index in [4.69, 9.17) is 0 Å². The second-order valence-electron chi connectivity index (χ2n) is 6.50. The van der Waals surface area contributed by atoms with Crippen LogP contribution in [0.3, 0.4) is 0 Å². The van der Waals surface area contributed by atoms with Crippen molar-refractivity contribution in [3.8, 4) is 23.1 Å². The Morgan fingerprint density at radius 2 is 1.80 bits per heavy atom. The molecule has 0 aliphatic heterocycles. The fourth-order valence-corrected chi connectivity index (χ4v) is 4.02. The van der Waals surface area contributed by atoms with Gasteiger partial charge in [0.15, 0.2) is 0 Å². The van der Waals surface area contributed by atoms with Gasteiger partial charge in [-0.25, -0.2) is 4.72 Å². The zero-order chi connectivity index (χ0) is 22.1. The number of quaternary nitrogens is 1. The summed E-state index contributed by atoms with van der Waals surface area (Å²) in [6.07, 6.45) is -4.82. The van der Waals surface area contributed by atoms with E-state index in [1.807, 2.05) is 6.92 Å². The first-order valence-corrected chi connectivity index (χ1v) is 10.8. The lowest BCUT2D eigenvalue weighted by molar-refractivity contribution is -0.397. The molecule has 0 spiro atoms. The summed E-state index contributed by atoms with van der Waals surface area (Å²) in [5.41, 5.74) is 2.45. The number of aryl methyl sites for hydroxylation is 1. The van der Waals surface area contributed by atoms with Crippen molar-refractivity contribution in [3.05, 3.63) is 48.0 Å². The van der Waals surface area contributed by atoms with Crippen molar-refractivity contribution in [1.82, 2.24) is 4.57 Å².